The lowest BCUT2D eigenvalue weighted by Gasteiger charge is -2.31. The van der Waals surface area contributed by atoms with Crippen molar-refractivity contribution in [3.05, 3.63) is 12.7 Å². The zero-order valence-corrected chi connectivity index (χ0v) is 10.6. The van der Waals surface area contributed by atoms with E-state index in [0.29, 0.717) is 19.4 Å². The number of carbonyl (C=O) groups excluding carboxylic acids is 1. The van der Waals surface area contributed by atoms with Gasteiger partial charge >= 0.3 is 0 Å². The van der Waals surface area contributed by atoms with Gasteiger partial charge in [-0.1, -0.05) is 0 Å². The van der Waals surface area contributed by atoms with Gasteiger partial charge in [-0.3, -0.25) is 4.79 Å². The maximum Gasteiger partial charge on any atom is 0.244 e. The Morgan fingerprint density at radius 2 is 2.28 bits per heavy atom. The number of piperidine rings is 1. The van der Waals surface area contributed by atoms with Crippen LogP contribution in [0.15, 0.2) is 12.7 Å². The number of amides is 1. The van der Waals surface area contributed by atoms with E-state index < -0.39 is 15.3 Å². The number of sulfonamides is 1. The van der Waals surface area contributed by atoms with E-state index in [1.807, 2.05) is 0 Å². The van der Waals surface area contributed by atoms with Crippen LogP contribution >= 0.6 is 0 Å². The largest absolute Gasteiger partial charge is 0.340 e. The van der Waals surface area contributed by atoms with E-state index in [1.54, 1.807) is 0 Å². The third-order valence-electron chi connectivity index (χ3n) is 2.96. The van der Waals surface area contributed by atoms with Crippen molar-refractivity contribution in [1.29, 1.82) is 0 Å². The van der Waals surface area contributed by atoms with Crippen molar-refractivity contribution in [3.63, 3.8) is 0 Å². The number of hydrogen-bond donors (Lipinski definition) is 1. The van der Waals surface area contributed by atoms with Gasteiger partial charge in [0.2, 0.25) is 15.9 Å². The first-order valence-electron chi connectivity index (χ1n) is 5.58. The smallest absolute Gasteiger partial charge is 0.244 e. The first-order valence-corrected chi connectivity index (χ1v) is 7.19. The van der Waals surface area contributed by atoms with E-state index in [1.165, 1.54) is 22.2 Å². The number of likely N-dealkylation sites (tertiary alicyclic amines) is 1. The van der Waals surface area contributed by atoms with Gasteiger partial charge in [0.25, 0.3) is 0 Å². The molecule has 1 aromatic rings. The molecule has 0 aromatic carbocycles. The van der Waals surface area contributed by atoms with Crippen molar-refractivity contribution < 1.29 is 13.2 Å². The highest BCUT2D eigenvalue weighted by Gasteiger charge is 2.30. The number of rotatable bonds is 3. The molecule has 1 aliphatic rings. The summed E-state index contributed by atoms with van der Waals surface area (Å²) in [6.07, 6.45) is 3.94. The summed E-state index contributed by atoms with van der Waals surface area (Å²) < 4.78 is 24.0. The summed E-state index contributed by atoms with van der Waals surface area (Å²) in [5, 5.41) is 8.29. The molecule has 1 aromatic heterocycles. The Morgan fingerprint density at radius 3 is 2.89 bits per heavy atom. The summed E-state index contributed by atoms with van der Waals surface area (Å²) in [4.78, 5) is 17.2. The number of aromatic nitrogens is 3. The molecule has 18 heavy (non-hydrogen) atoms. The summed E-state index contributed by atoms with van der Waals surface area (Å²) in [5.41, 5.74) is 0. The Kier molecular flexibility index (Phi) is 3.62. The van der Waals surface area contributed by atoms with Crippen LogP contribution in [0.1, 0.15) is 12.8 Å². The van der Waals surface area contributed by atoms with Crippen LogP contribution in [0.5, 0.6) is 0 Å². The van der Waals surface area contributed by atoms with Gasteiger partial charge in [0.15, 0.2) is 0 Å². The third kappa shape index (κ3) is 3.05. The number of carbonyl (C=O) groups is 1. The summed E-state index contributed by atoms with van der Waals surface area (Å²) in [6, 6.07) is 0. The molecule has 0 spiro atoms. The Hall–Kier alpha value is -1.48. The van der Waals surface area contributed by atoms with Crippen molar-refractivity contribution in [2.45, 2.75) is 24.6 Å². The van der Waals surface area contributed by atoms with Crippen LogP contribution in [0.2, 0.25) is 0 Å². The molecule has 2 rings (SSSR count). The van der Waals surface area contributed by atoms with E-state index in [9.17, 15) is 13.2 Å². The molecular formula is C9H15N5O3S. The van der Waals surface area contributed by atoms with Gasteiger partial charge in [-0.05, 0) is 12.8 Å². The second-order valence-electron chi connectivity index (χ2n) is 4.29. The highest BCUT2D eigenvalue weighted by Crippen LogP contribution is 2.15. The molecule has 1 fully saturated rings. The van der Waals surface area contributed by atoms with Crippen LogP contribution in [-0.2, 0) is 21.4 Å². The van der Waals surface area contributed by atoms with Crippen LogP contribution in [0.3, 0.4) is 0 Å². The molecule has 2 N–H and O–H groups in total. The molecule has 8 nitrogen and oxygen atoms in total. The highest BCUT2D eigenvalue weighted by molar-refractivity contribution is 7.89. The fourth-order valence-corrected chi connectivity index (χ4v) is 2.87. The van der Waals surface area contributed by atoms with Crippen molar-refractivity contribution in [2.24, 2.45) is 5.14 Å². The normalized spacial score (nSPS) is 20.9. The number of nitrogens with two attached hydrogens (primary N) is 1. The maximum atomic E-state index is 11.9. The number of nitrogens with zero attached hydrogens (tertiary/aromatic N) is 4. The quantitative estimate of drug-likeness (QED) is 0.724. The lowest BCUT2D eigenvalue weighted by molar-refractivity contribution is -0.132. The molecule has 100 valence electrons. The van der Waals surface area contributed by atoms with Crippen molar-refractivity contribution >= 4 is 15.9 Å². The molecule has 0 aliphatic carbocycles. The van der Waals surface area contributed by atoms with Gasteiger partial charge in [0.1, 0.15) is 19.2 Å². The molecule has 0 saturated carbocycles. The first-order chi connectivity index (χ1) is 8.47. The molecule has 1 aliphatic heterocycles. The minimum atomic E-state index is -3.58. The van der Waals surface area contributed by atoms with Gasteiger partial charge in [0.05, 0.1) is 5.25 Å². The van der Waals surface area contributed by atoms with Crippen molar-refractivity contribution in [2.75, 3.05) is 13.1 Å². The monoisotopic (exact) mass is 273 g/mol. The summed E-state index contributed by atoms with van der Waals surface area (Å²) in [5.74, 6) is -0.172. The van der Waals surface area contributed by atoms with Crippen molar-refractivity contribution in [1.82, 2.24) is 19.7 Å². The average molecular weight is 273 g/mol. The van der Waals surface area contributed by atoms with E-state index >= 15 is 0 Å². The summed E-state index contributed by atoms with van der Waals surface area (Å²) in [7, 11) is -3.58. The number of primary sulfonamides is 1. The van der Waals surface area contributed by atoms with Gasteiger partial charge in [-0.2, -0.15) is 5.10 Å². The molecule has 1 amide bonds. The molecule has 1 saturated heterocycles. The van der Waals surface area contributed by atoms with Crippen LogP contribution in [0.25, 0.3) is 0 Å². The van der Waals surface area contributed by atoms with E-state index in [2.05, 4.69) is 10.1 Å². The van der Waals surface area contributed by atoms with E-state index in [4.69, 9.17) is 5.14 Å². The Balaban J connectivity index is 1.98. The van der Waals surface area contributed by atoms with E-state index in [0.717, 1.165) is 0 Å². The SMILES string of the molecule is NS(=O)(=O)C1CCCN(C(=O)Cn2cncn2)C1. The average Bonchev–Trinajstić information content (AvgIpc) is 2.81. The predicted molar refractivity (Wildman–Crippen MR) is 62.7 cm³/mol. The predicted octanol–water partition coefficient (Wildman–Crippen LogP) is -1.44. The first kappa shape index (κ1) is 13.0. The van der Waals surface area contributed by atoms with E-state index in [-0.39, 0.29) is 19.0 Å². The van der Waals surface area contributed by atoms with Crippen LogP contribution < -0.4 is 5.14 Å². The van der Waals surface area contributed by atoms with Crippen LogP contribution in [0.4, 0.5) is 0 Å². The fourth-order valence-electron chi connectivity index (χ4n) is 1.99. The third-order valence-corrected chi connectivity index (χ3v) is 4.27. The minimum absolute atomic E-state index is 0.0668. The van der Waals surface area contributed by atoms with Crippen molar-refractivity contribution in [3.8, 4) is 0 Å². The molecular weight excluding hydrogens is 258 g/mol. The Labute approximate surface area is 105 Å². The minimum Gasteiger partial charge on any atom is -0.340 e. The second kappa shape index (κ2) is 5.02. The lowest BCUT2D eigenvalue weighted by atomic mass is 10.1. The zero-order chi connectivity index (χ0) is 13.2. The van der Waals surface area contributed by atoms with Gasteiger partial charge in [-0.25, -0.2) is 23.2 Å². The molecule has 0 radical (unpaired) electrons. The maximum absolute atomic E-state index is 11.9. The second-order valence-corrected chi connectivity index (χ2v) is 6.13. The van der Waals surface area contributed by atoms with Gasteiger partial charge < -0.3 is 4.90 Å². The molecule has 1 unspecified atom stereocenters. The molecule has 9 heteroatoms. The van der Waals surface area contributed by atoms with Crippen LogP contribution in [0, 0.1) is 0 Å². The van der Waals surface area contributed by atoms with Crippen LogP contribution in [-0.4, -0.2) is 52.3 Å². The Morgan fingerprint density at radius 1 is 1.50 bits per heavy atom. The summed E-state index contributed by atoms with van der Waals surface area (Å²) >= 11 is 0. The number of hydrogen-bond acceptors (Lipinski definition) is 5. The highest BCUT2D eigenvalue weighted by atomic mass is 32.2. The topological polar surface area (TPSA) is 111 Å². The lowest BCUT2D eigenvalue weighted by Crippen LogP contribution is -2.47. The molecule has 1 atom stereocenters. The van der Waals surface area contributed by atoms with Gasteiger partial charge in [0, 0.05) is 13.1 Å². The Bertz CT molecular complexity index is 512. The standard InChI is InChI=1S/C9H15N5O3S/c10-18(16,17)8-2-1-3-13(4-8)9(15)5-14-7-11-6-12-14/h6-8H,1-5H2,(H2,10,16,17). The zero-order valence-electron chi connectivity index (χ0n) is 9.77. The fraction of sp³-hybridized carbons (Fsp3) is 0.667. The molecule has 0 bridgehead atoms. The molecule has 2 heterocycles. The van der Waals surface area contributed by atoms with Gasteiger partial charge in [-0.15, -0.1) is 0 Å². The summed E-state index contributed by atoms with van der Waals surface area (Å²) in [6.45, 7) is 0.781.